The first-order chi connectivity index (χ1) is 12.9. The lowest BCUT2D eigenvalue weighted by Gasteiger charge is -2.23. The van der Waals surface area contributed by atoms with Gasteiger partial charge in [-0.1, -0.05) is 28.9 Å². The van der Waals surface area contributed by atoms with E-state index < -0.39 is 9.84 Å². The molecule has 0 bridgehead atoms. The van der Waals surface area contributed by atoms with Crippen LogP contribution in [0, 0.1) is 13.8 Å². The monoisotopic (exact) mass is 386 g/mol. The number of nitrogens with zero attached hydrogens (tertiary/aromatic N) is 4. The second-order valence-corrected chi connectivity index (χ2v) is 9.47. The average molecular weight is 386 g/mol. The molecule has 1 fully saturated rings. The first-order valence-electron chi connectivity index (χ1n) is 9.04. The maximum absolute atomic E-state index is 11.8. The molecular weight excluding hydrogens is 364 g/mol. The lowest BCUT2D eigenvalue weighted by atomic mass is 10.1. The van der Waals surface area contributed by atoms with Crippen molar-refractivity contribution in [1.29, 1.82) is 0 Å². The third-order valence-electron chi connectivity index (χ3n) is 5.02. The zero-order chi connectivity index (χ0) is 19.0. The number of aromatic nitrogens is 4. The molecule has 27 heavy (non-hydrogen) atoms. The fourth-order valence-corrected chi connectivity index (χ4v) is 4.89. The summed E-state index contributed by atoms with van der Waals surface area (Å²) < 4.78 is 30.6. The van der Waals surface area contributed by atoms with Gasteiger partial charge in [-0.25, -0.2) is 18.1 Å². The zero-order valence-electron chi connectivity index (χ0n) is 15.4. The predicted molar refractivity (Wildman–Crippen MR) is 101 cm³/mol. The maximum atomic E-state index is 11.8. The molecule has 142 valence electrons. The highest BCUT2D eigenvalue weighted by atomic mass is 32.2. The minimum Gasteiger partial charge on any atom is -0.364 e. The van der Waals surface area contributed by atoms with Crippen molar-refractivity contribution in [3.8, 4) is 11.4 Å². The molecule has 1 aromatic carbocycles. The highest BCUT2D eigenvalue weighted by Gasteiger charge is 2.28. The maximum Gasteiger partial charge on any atom is 0.181 e. The lowest BCUT2D eigenvalue weighted by Crippen LogP contribution is -2.27. The third-order valence-corrected chi connectivity index (χ3v) is 6.74. The molecule has 8 heteroatoms. The largest absolute Gasteiger partial charge is 0.364 e. The molecule has 0 atom stereocenters. The van der Waals surface area contributed by atoms with Crippen molar-refractivity contribution in [2.45, 2.75) is 39.2 Å². The molecule has 1 aliphatic heterocycles. The Morgan fingerprint density at radius 2 is 2.00 bits per heavy atom. The predicted octanol–water partition coefficient (Wildman–Crippen LogP) is 2.89. The summed E-state index contributed by atoms with van der Waals surface area (Å²) in [7, 11) is -2.93. The molecule has 0 aliphatic carbocycles. The molecule has 3 heterocycles. The van der Waals surface area contributed by atoms with Gasteiger partial charge in [0.2, 0.25) is 0 Å². The highest BCUT2D eigenvalue weighted by Crippen LogP contribution is 2.27. The average Bonchev–Trinajstić information content (AvgIpc) is 3.22. The van der Waals surface area contributed by atoms with Crippen LogP contribution in [0.15, 0.2) is 35.1 Å². The number of hydrogen-bond donors (Lipinski definition) is 0. The molecule has 2 aromatic heterocycles. The Labute approximate surface area is 158 Å². The molecule has 4 rings (SSSR count). The van der Waals surface area contributed by atoms with E-state index >= 15 is 0 Å². The summed E-state index contributed by atoms with van der Waals surface area (Å²) in [4.78, 5) is 4.77. The Bertz CT molecular complexity index is 1050. The van der Waals surface area contributed by atoms with Crippen LogP contribution in [0.25, 0.3) is 11.4 Å². The number of aryl methyl sites for hydroxylation is 2. The minimum atomic E-state index is -2.93. The van der Waals surface area contributed by atoms with Crippen LogP contribution < -0.4 is 0 Å². The van der Waals surface area contributed by atoms with E-state index in [0.717, 1.165) is 28.2 Å². The number of benzene rings is 1. The van der Waals surface area contributed by atoms with E-state index in [9.17, 15) is 8.42 Å². The molecule has 0 saturated carbocycles. The van der Waals surface area contributed by atoms with Gasteiger partial charge in [-0.3, -0.25) is 0 Å². The van der Waals surface area contributed by atoms with Gasteiger partial charge in [0.1, 0.15) is 21.9 Å². The second kappa shape index (κ2) is 6.92. The molecule has 0 N–H and O–H groups in total. The second-order valence-electron chi connectivity index (χ2n) is 7.17. The molecule has 0 spiro atoms. The summed E-state index contributed by atoms with van der Waals surface area (Å²) in [5.74, 6) is 1.83. The SMILES string of the molecule is Cc1cccc(-c2nc(Cc3nocc3C)n(C3CCS(=O)(=O)CC3)n2)c1. The van der Waals surface area contributed by atoms with E-state index in [1.54, 1.807) is 6.26 Å². The van der Waals surface area contributed by atoms with Gasteiger partial charge in [0, 0.05) is 11.1 Å². The molecular formula is C19H22N4O3S. The van der Waals surface area contributed by atoms with E-state index in [0.29, 0.717) is 25.1 Å². The summed E-state index contributed by atoms with van der Waals surface area (Å²) in [5.41, 5.74) is 3.88. The molecule has 7 nitrogen and oxygen atoms in total. The van der Waals surface area contributed by atoms with Gasteiger partial charge < -0.3 is 4.52 Å². The van der Waals surface area contributed by atoms with Gasteiger partial charge in [0.25, 0.3) is 0 Å². The van der Waals surface area contributed by atoms with Gasteiger partial charge in [-0.15, -0.1) is 0 Å². The Morgan fingerprint density at radius 1 is 1.22 bits per heavy atom. The quantitative estimate of drug-likeness (QED) is 0.685. The van der Waals surface area contributed by atoms with Crippen LogP contribution in [0.5, 0.6) is 0 Å². The fraction of sp³-hybridized carbons (Fsp3) is 0.421. The molecule has 1 aliphatic rings. The summed E-state index contributed by atoms with van der Waals surface area (Å²) in [6.07, 6.45) is 3.24. The minimum absolute atomic E-state index is 0.0294. The topological polar surface area (TPSA) is 90.9 Å². The first-order valence-corrected chi connectivity index (χ1v) is 10.9. The van der Waals surface area contributed by atoms with Gasteiger partial charge in [-0.2, -0.15) is 5.10 Å². The van der Waals surface area contributed by atoms with E-state index in [1.807, 2.05) is 36.7 Å². The van der Waals surface area contributed by atoms with E-state index in [4.69, 9.17) is 14.6 Å². The normalized spacial score (nSPS) is 17.3. The smallest absolute Gasteiger partial charge is 0.181 e. The lowest BCUT2D eigenvalue weighted by molar-refractivity contribution is 0.395. The first kappa shape index (κ1) is 17.9. The third kappa shape index (κ3) is 3.80. The van der Waals surface area contributed by atoms with Crippen molar-refractivity contribution < 1.29 is 12.9 Å². The van der Waals surface area contributed by atoms with Crippen molar-refractivity contribution in [3.05, 3.63) is 53.2 Å². The zero-order valence-corrected chi connectivity index (χ0v) is 16.2. The van der Waals surface area contributed by atoms with Crippen LogP contribution in [-0.4, -0.2) is 39.8 Å². The van der Waals surface area contributed by atoms with Crippen LogP contribution in [0.2, 0.25) is 0 Å². The van der Waals surface area contributed by atoms with Crippen LogP contribution >= 0.6 is 0 Å². The molecule has 0 radical (unpaired) electrons. The van der Waals surface area contributed by atoms with Gasteiger partial charge >= 0.3 is 0 Å². The van der Waals surface area contributed by atoms with Crippen LogP contribution in [0.1, 0.15) is 41.5 Å². The van der Waals surface area contributed by atoms with Crippen LogP contribution in [-0.2, 0) is 16.3 Å². The molecule has 0 amide bonds. The summed E-state index contributed by atoms with van der Waals surface area (Å²) in [6.45, 7) is 3.98. The highest BCUT2D eigenvalue weighted by molar-refractivity contribution is 7.91. The van der Waals surface area contributed by atoms with Crippen molar-refractivity contribution in [2.24, 2.45) is 0 Å². The van der Waals surface area contributed by atoms with Crippen molar-refractivity contribution >= 4 is 9.84 Å². The fourth-order valence-electron chi connectivity index (χ4n) is 3.43. The van der Waals surface area contributed by atoms with E-state index in [1.165, 1.54) is 0 Å². The summed E-state index contributed by atoms with van der Waals surface area (Å²) in [5, 5.41) is 8.82. The van der Waals surface area contributed by atoms with Crippen molar-refractivity contribution in [3.63, 3.8) is 0 Å². The molecule has 3 aromatic rings. The molecule has 1 saturated heterocycles. The Balaban J connectivity index is 1.72. The van der Waals surface area contributed by atoms with Crippen molar-refractivity contribution in [1.82, 2.24) is 19.9 Å². The Kier molecular flexibility index (Phi) is 4.59. The van der Waals surface area contributed by atoms with Crippen LogP contribution in [0.4, 0.5) is 0 Å². The number of hydrogen-bond acceptors (Lipinski definition) is 6. The van der Waals surface area contributed by atoms with Gasteiger partial charge in [-0.05, 0) is 32.8 Å². The van der Waals surface area contributed by atoms with E-state index in [-0.39, 0.29) is 17.5 Å². The molecule has 0 unspecified atom stereocenters. The van der Waals surface area contributed by atoms with Gasteiger partial charge in [0.15, 0.2) is 5.82 Å². The summed E-state index contributed by atoms with van der Waals surface area (Å²) in [6, 6.07) is 8.09. The summed E-state index contributed by atoms with van der Waals surface area (Å²) >= 11 is 0. The van der Waals surface area contributed by atoms with E-state index in [2.05, 4.69) is 11.2 Å². The number of sulfone groups is 1. The van der Waals surface area contributed by atoms with Crippen LogP contribution in [0.3, 0.4) is 0 Å². The number of rotatable bonds is 4. The Morgan fingerprint density at radius 3 is 2.67 bits per heavy atom. The van der Waals surface area contributed by atoms with Crippen molar-refractivity contribution in [2.75, 3.05) is 11.5 Å². The Hall–Kier alpha value is -2.48. The standard InChI is InChI=1S/C19H22N4O3S/c1-13-4-3-5-15(10-13)19-20-18(11-17-14(2)12-26-22-17)23(21-19)16-6-8-27(24,25)9-7-16/h3-5,10,12,16H,6-9,11H2,1-2H3. The van der Waals surface area contributed by atoms with Gasteiger partial charge in [0.05, 0.1) is 29.7 Å².